The maximum Gasteiger partial charge on any atom is 0.311 e. The van der Waals surface area contributed by atoms with Gasteiger partial charge in [-0.1, -0.05) is 36.4 Å². The summed E-state index contributed by atoms with van der Waals surface area (Å²) in [6.45, 7) is 0. The van der Waals surface area contributed by atoms with Crippen LogP contribution in [-0.2, 0) is 9.59 Å². The number of carbonyl (C=O) groups is 2. The van der Waals surface area contributed by atoms with Gasteiger partial charge in [-0.05, 0) is 120 Å². The summed E-state index contributed by atoms with van der Waals surface area (Å²) >= 11 is 0. The summed E-state index contributed by atoms with van der Waals surface area (Å²) in [7, 11) is 2.95. The molecule has 0 unspecified atom stereocenters. The van der Waals surface area contributed by atoms with Crippen molar-refractivity contribution < 1.29 is 38.0 Å². The Bertz CT molecular complexity index is 2060. The van der Waals surface area contributed by atoms with Crippen LogP contribution in [0.5, 0.6) is 46.0 Å². The van der Waals surface area contributed by atoms with Crippen LogP contribution in [0.2, 0.25) is 0 Å². The van der Waals surface area contributed by atoms with Gasteiger partial charge in [0.05, 0.1) is 38.4 Å². The van der Waals surface area contributed by atoms with Crippen LogP contribution in [0.4, 0.5) is 11.4 Å². The Labute approximate surface area is 312 Å². The van der Waals surface area contributed by atoms with Crippen LogP contribution >= 0.6 is 0 Å². The number of aliphatic imine (C=N–C) groups is 2. The molecule has 0 aliphatic carbocycles. The summed E-state index contributed by atoms with van der Waals surface area (Å²) in [5.41, 5.74) is 2.92. The Morgan fingerprint density at radius 2 is 0.833 bits per heavy atom. The molecule has 6 aromatic rings. The molecule has 6 aromatic carbocycles. The van der Waals surface area contributed by atoms with Crippen molar-refractivity contribution in [3.05, 3.63) is 157 Å². The zero-order chi connectivity index (χ0) is 37.5. The minimum atomic E-state index is -0.623. The molecule has 10 nitrogen and oxygen atoms in total. The molecular weight excluding hydrogens is 684 g/mol. The molecule has 10 heteroatoms. The molecule has 0 heterocycles. The van der Waals surface area contributed by atoms with Crippen LogP contribution in [-0.4, -0.2) is 38.6 Å². The zero-order valence-corrected chi connectivity index (χ0v) is 29.6. The van der Waals surface area contributed by atoms with Gasteiger partial charge in [-0.3, -0.25) is 19.6 Å². The summed E-state index contributed by atoms with van der Waals surface area (Å²) in [5, 5.41) is 0. The largest absolute Gasteiger partial charge is 0.493 e. The molecule has 270 valence electrons. The van der Waals surface area contributed by atoms with Crippen molar-refractivity contribution >= 4 is 35.7 Å². The first kappa shape index (κ1) is 36.6. The number of hydrogen-bond acceptors (Lipinski definition) is 10. The lowest BCUT2D eigenvalue weighted by molar-refractivity contribution is -0.140. The second kappa shape index (κ2) is 18.3. The Morgan fingerprint density at radius 1 is 0.463 bits per heavy atom. The van der Waals surface area contributed by atoms with Crippen LogP contribution in [0.3, 0.4) is 0 Å². The minimum absolute atomic E-state index is 0.211. The number of carbonyl (C=O) groups excluding carboxylic acids is 2. The van der Waals surface area contributed by atoms with E-state index < -0.39 is 11.9 Å². The van der Waals surface area contributed by atoms with Crippen molar-refractivity contribution in [2.45, 2.75) is 12.8 Å². The number of hydrogen-bond donors (Lipinski definition) is 0. The molecule has 0 radical (unpaired) electrons. The second-order valence-electron chi connectivity index (χ2n) is 11.6. The number of ether oxygens (including phenoxy) is 6. The van der Waals surface area contributed by atoms with Crippen molar-refractivity contribution in [2.24, 2.45) is 9.98 Å². The van der Waals surface area contributed by atoms with E-state index in [9.17, 15) is 9.59 Å². The highest BCUT2D eigenvalue weighted by Crippen LogP contribution is 2.31. The van der Waals surface area contributed by atoms with E-state index >= 15 is 0 Å². The molecule has 54 heavy (non-hydrogen) atoms. The average molecular weight is 721 g/mol. The number of esters is 2. The summed E-state index contributed by atoms with van der Waals surface area (Å²) < 4.78 is 33.5. The lowest BCUT2D eigenvalue weighted by Gasteiger charge is -2.11. The second-order valence-corrected chi connectivity index (χ2v) is 11.6. The number of rotatable bonds is 15. The van der Waals surface area contributed by atoms with Crippen LogP contribution in [0.1, 0.15) is 24.0 Å². The first-order valence-corrected chi connectivity index (χ1v) is 17.0. The molecule has 0 bridgehead atoms. The fourth-order valence-corrected chi connectivity index (χ4v) is 5.00. The van der Waals surface area contributed by atoms with Crippen LogP contribution in [0, 0.1) is 0 Å². The lowest BCUT2D eigenvalue weighted by atomic mass is 10.2. The van der Waals surface area contributed by atoms with Crippen molar-refractivity contribution in [1.29, 1.82) is 0 Å². The molecule has 0 N–H and O–H groups in total. The first-order valence-electron chi connectivity index (χ1n) is 17.0. The first-order chi connectivity index (χ1) is 26.4. The molecule has 0 aliphatic heterocycles. The quantitative estimate of drug-likeness (QED) is 0.0585. The van der Waals surface area contributed by atoms with E-state index in [4.69, 9.17) is 28.4 Å². The third-order valence-electron chi connectivity index (χ3n) is 7.71. The number of methoxy groups -OCH3 is 2. The highest BCUT2D eigenvalue weighted by molar-refractivity contribution is 5.85. The molecule has 6 rings (SSSR count). The number of para-hydroxylation sites is 2. The number of benzene rings is 6. The van der Waals surface area contributed by atoms with Gasteiger partial charge in [-0.2, -0.15) is 0 Å². The van der Waals surface area contributed by atoms with Crippen LogP contribution < -0.4 is 28.4 Å². The van der Waals surface area contributed by atoms with Gasteiger partial charge in [0.1, 0.15) is 23.0 Å². The summed E-state index contributed by atoms with van der Waals surface area (Å²) in [6.07, 6.45) is 2.92. The van der Waals surface area contributed by atoms with Gasteiger partial charge in [0.2, 0.25) is 0 Å². The topological polar surface area (TPSA) is 114 Å². The fraction of sp³-hybridized carbons (Fsp3) is 0.0909. The van der Waals surface area contributed by atoms with Gasteiger partial charge in [0.25, 0.3) is 0 Å². The molecule has 0 amide bonds. The van der Waals surface area contributed by atoms with Crippen LogP contribution in [0.15, 0.2) is 156 Å². The van der Waals surface area contributed by atoms with Crippen LogP contribution in [0.25, 0.3) is 0 Å². The standard InChI is InChI=1S/C44H36N2O8/c1-49-41-27-31(29-45-33-15-19-37(20-16-33)51-35-9-5-3-6-10-35)13-23-39(41)53-43(47)25-26-44(48)54-40-24-14-32(28-42(40)50-2)30-46-34-17-21-38(22-18-34)52-36-11-7-4-8-12-36/h3-24,27-30H,25-26H2,1-2H3. The normalized spacial score (nSPS) is 10.9. The molecule has 0 aromatic heterocycles. The summed E-state index contributed by atoms with van der Waals surface area (Å²) in [4.78, 5) is 34.4. The SMILES string of the molecule is COc1cc(C=Nc2ccc(Oc3ccccc3)cc2)ccc1OC(=O)CCC(=O)Oc1ccc(C=Nc2ccc(Oc3ccccc3)cc2)cc1OC. The van der Waals surface area contributed by atoms with Gasteiger partial charge >= 0.3 is 11.9 Å². The molecule has 0 saturated carbocycles. The van der Waals surface area contributed by atoms with Gasteiger partial charge in [-0.25, -0.2) is 0 Å². The van der Waals surface area contributed by atoms with Crippen molar-refractivity contribution in [3.8, 4) is 46.0 Å². The molecule has 0 saturated heterocycles. The summed E-state index contributed by atoms with van der Waals surface area (Å²) in [5.74, 6) is 2.76. The van der Waals surface area contributed by atoms with E-state index in [1.165, 1.54) is 14.2 Å². The van der Waals surface area contributed by atoms with E-state index in [2.05, 4.69) is 9.98 Å². The fourth-order valence-electron chi connectivity index (χ4n) is 5.00. The van der Waals surface area contributed by atoms with E-state index in [0.29, 0.717) is 23.0 Å². The molecular formula is C44H36N2O8. The Hall–Kier alpha value is -7.20. The Kier molecular flexibility index (Phi) is 12.4. The smallest absolute Gasteiger partial charge is 0.311 e. The summed E-state index contributed by atoms with van der Waals surface area (Å²) in [6, 6.07) is 43.9. The maximum absolute atomic E-state index is 12.7. The predicted octanol–water partition coefficient (Wildman–Crippen LogP) is 10.1. The predicted molar refractivity (Wildman–Crippen MR) is 207 cm³/mol. The van der Waals surface area contributed by atoms with E-state index in [1.807, 2.05) is 109 Å². The Morgan fingerprint density at radius 3 is 1.20 bits per heavy atom. The monoisotopic (exact) mass is 720 g/mol. The maximum atomic E-state index is 12.7. The van der Waals surface area contributed by atoms with E-state index in [-0.39, 0.29) is 24.3 Å². The molecule has 0 atom stereocenters. The Balaban J connectivity index is 0.973. The average Bonchev–Trinajstić information content (AvgIpc) is 3.21. The molecule has 0 spiro atoms. The third-order valence-corrected chi connectivity index (χ3v) is 7.71. The van der Waals surface area contributed by atoms with Gasteiger partial charge in [0, 0.05) is 12.4 Å². The third kappa shape index (κ3) is 10.7. The van der Waals surface area contributed by atoms with Gasteiger partial charge in [0.15, 0.2) is 23.0 Å². The van der Waals surface area contributed by atoms with Gasteiger partial charge < -0.3 is 28.4 Å². The number of nitrogens with zero attached hydrogens (tertiary/aromatic N) is 2. The van der Waals surface area contributed by atoms with E-state index in [1.54, 1.807) is 48.8 Å². The molecule has 0 fully saturated rings. The highest BCUT2D eigenvalue weighted by atomic mass is 16.6. The lowest BCUT2D eigenvalue weighted by Crippen LogP contribution is -2.14. The molecule has 0 aliphatic rings. The van der Waals surface area contributed by atoms with E-state index in [0.717, 1.165) is 34.0 Å². The zero-order valence-electron chi connectivity index (χ0n) is 29.6. The van der Waals surface area contributed by atoms with Gasteiger partial charge in [-0.15, -0.1) is 0 Å². The highest BCUT2D eigenvalue weighted by Gasteiger charge is 2.16. The van der Waals surface area contributed by atoms with Crippen molar-refractivity contribution in [1.82, 2.24) is 0 Å². The minimum Gasteiger partial charge on any atom is -0.493 e. The van der Waals surface area contributed by atoms with Crippen molar-refractivity contribution in [2.75, 3.05) is 14.2 Å². The van der Waals surface area contributed by atoms with Crippen molar-refractivity contribution in [3.63, 3.8) is 0 Å².